The molecule has 2 aromatic carbocycles. The minimum atomic E-state index is 0.395. The molecule has 1 aliphatic carbocycles. The SMILES string of the molecule is C/C=C\c1c(C)ccnc1C1CCCC(CC(=O)CCc2cccc(/C=C\c3ccccc3)c2)C1. The molecule has 180 valence electrons. The van der Waals surface area contributed by atoms with Crippen LogP contribution in [0.3, 0.4) is 0 Å². The molecule has 2 nitrogen and oxygen atoms in total. The van der Waals surface area contributed by atoms with Gasteiger partial charge in [-0.05, 0) is 79.3 Å². The molecule has 1 aromatic heterocycles. The Morgan fingerprint density at radius 2 is 1.77 bits per heavy atom. The van der Waals surface area contributed by atoms with E-state index >= 15 is 0 Å². The number of benzene rings is 2. The molecule has 2 unspecified atom stereocenters. The summed E-state index contributed by atoms with van der Waals surface area (Å²) in [6.07, 6.45) is 17.2. The average molecular weight is 464 g/mol. The van der Waals surface area contributed by atoms with Gasteiger partial charge < -0.3 is 0 Å². The molecule has 0 bridgehead atoms. The summed E-state index contributed by atoms with van der Waals surface area (Å²) in [7, 11) is 0. The fraction of sp³-hybridized carbons (Fsp3) is 0.333. The van der Waals surface area contributed by atoms with Crippen molar-refractivity contribution in [1.29, 1.82) is 0 Å². The molecule has 0 N–H and O–H groups in total. The maximum atomic E-state index is 12.9. The molecule has 1 heterocycles. The summed E-state index contributed by atoms with van der Waals surface area (Å²) in [6, 6.07) is 21.0. The molecule has 4 rings (SSSR count). The van der Waals surface area contributed by atoms with Crippen LogP contribution in [0.5, 0.6) is 0 Å². The van der Waals surface area contributed by atoms with Crippen LogP contribution in [0.2, 0.25) is 0 Å². The summed E-state index contributed by atoms with van der Waals surface area (Å²) >= 11 is 0. The molecule has 0 saturated heterocycles. The lowest BCUT2D eigenvalue weighted by molar-refractivity contribution is -0.120. The van der Waals surface area contributed by atoms with Gasteiger partial charge in [0.1, 0.15) is 5.78 Å². The standard InChI is InChI=1S/C33H37NO/c1-3-9-32-25(2)20-21-34-33(32)30-15-8-14-29(23-30)24-31(35)19-18-28-13-7-12-27(22-28)17-16-26-10-5-4-6-11-26/h3-7,9-13,16-17,20-22,29-30H,8,14-15,18-19,23-24H2,1-2H3/b9-3-,17-16-. The van der Waals surface area contributed by atoms with Crippen LogP contribution in [0.15, 0.2) is 72.9 Å². The van der Waals surface area contributed by atoms with Gasteiger partial charge in [-0.3, -0.25) is 9.78 Å². The van der Waals surface area contributed by atoms with Gasteiger partial charge in [0.25, 0.3) is 0 Å². The third-order valence-electron chi connectivity index (χ3n) is 7.17. The van der Waals surface area contributed by atoms with E-state index in [1.54, 1.807) is 0 Å². The Labute approximate surface area is 210 Å². The number of aromatic nitrogens is 1. The van der Waals surface area contributed by atoms with E-state index in [0.717, 1.165) is 19.3 Å². The van der Waals surface area contributed by atoms with E-state index in [1.165, 1.54) is 46.4 Å². The van der Waals surface area contributed by atoms with E-state index < -0.39 is 0 Å². The van der Waals surface area contributed by atoms with Crippen LogP contribution in [0, 0.1) is 12.8 Å². The highest BCUT2D eigenvalue weighted by Crippen LogP contribution is 2.39. The van der Waals surface area contributed by atoms with Gasteiger partial charge in [0.15, 0.2) is 0 Å². The molecule has 1 saturated carbocycles. The number of allylic oxidation sites excluding steroid dienone is 1. The third kappa shape index (κ3) is 7.11. The Morgan fingerprint density at radius 3 is 2.60 bits per heavy atom. The van der Waals surface area contributed by atoms with Gasteiger partial charge in [0.2, 0.25) is 0 Å². The molecule has 1 aliphatic rings. The zero-order valence-electron chi connectivity index (χ0n) is 21.1. The average Bonchev–Trinajstić information content (AvgIpc) is 2.88. The monoisotopic (exact) mass is 463 g/mol. The smallest absolute Gasteiger partial charge is 0.133 e. The number of hydrogen-bond acceptors (Lipinski definition) is 2. The van der Waals surface area contributed by atoms with E-state index in [-0.39, 0.29) is 0 Å². The van der Waals surface area contributed by atoms with Crippen LogP contribution in [0.4, 0.5) is 0 Å². The molecule has 0 spiro atoms. The molecular weight excluding hydrogens is 426 g/mol. The summed E-state index contributed by atoms with van der Waals surface area (Å²) in [4.78, 5) is 17.7. The number of Topliss-reactive ketones (excluding diaryl/α,β-unsaturated/α-hetero) is 1. The molecule has 2 atom stereocenters. The van der Waals surface area contributed by atoms with E-state index in [0.29, 0.717) is 30.5 Å². The minimum Gasteiger partial charge on any atom is -0.300 e. The first-order valence-electron chi connectivity index (χ1n) is 13.0. The van der Waals surface area contributed by atoms with Gasteiger partial charge >= 0.3 is 0 Å². The fourth-order valence-corrected chi connectivity index (χ4v) is 5.34. The summed E-state index contributed by atoms with van der Waals surface area (Å²) in [6.45, 7) is 4.23. The fourth-order valence-electron chi connectivity index (χ4n) is 5.34. The van der Waals surface area contributed by atoms with Crippen molar-refractivity contribution in [3.05, 3.63) is 106 Å². The van der Waals surface area contributed by atoms with Crippen molar-refractivity contribution in [3.8, 4) is 0 Å². The summed E-state index contributed by atoms with van der Waals surface area (Å²) in [5.41, 5.74) is 7.38. The highest BCUT2D eigenvalue weighted by Gasteiger charge is 2.27. The number of pyridine rings is 1. The van der Waals surface area contributed by atoms with Crippen LogP contribution in [0.25, 0.3) is 18.2 Å². The lowest BCUT2D eigenvalue weighted by Gasteiger charge is -2.29. The number of rotatable bonds is 9. The van der Waals surface area contributed by atoms with Gasteiger partial charge in [0, 0.05) is 25.0 Å². The van der Waals surface area contributed by atoms with Gasteiger partial charge in [-0.25, -0.2) is 0 Å². The van der Waals surface area contributed by atoms with Crippen LogP contribution in [0.1, 0.15) is 84.9 Å². The summed E-state index contributed by atoms with van der Waals surface area (Å²) in [5.74, 6) is 1.33. The second-order valence-corrected chi connectivity index (χ2v) is 9.89. The van der Waals surface area contributed by atoms with Crippen LogP contribution in [-0.4, -0.2) is 10.8 Å². The predicted octanol–water partition coefficient (Wildman–Crippen LogP) is 8.46. The van der Waals surface area contributed by atoms with Crippen molar-refractivity contribution >= 4 is 24.0 Å². The first-order chi connectivity index (χ1) is 17.1. The largest absolute Gasteiger partial charge is 0.300 e. The highest BCUT2D eigenvalue weighted by atomic mass is 16.1. The normalized spacial score (nSPS) is 18.3. The number of ketones is 1. The Balaban J connectivity index is 1.31. The van der Waals surface area contributed by atoms with Gasteiger partial charge in [-0.15, -0.1) is 0 Å². The molecule has 2 heteroatoms. The van der Waals surface area contributed by atoms with Crippen molar-refractivity contribution < 1.29 is 4.79 Å². The Hall–Kier alpha value is -3.26. The number of nitrogens with zero attached hydrogens (tertiary/aromatic N) is 1. The third-order valence-corrected chi connectivity index (χ3v) is 7.17. The maximum absolute atomic E-state index is 12.9. The predicted molar refractivity (Wildman–Crippen MR) is 148 cm³/mol. The molecule has 0 aliphatic heterocycles. The van der Waals surface area contributed by atoms with Crippen LogP contribution in [-0.2, 0) is 11.2 Å². The van der Waals surface area contributed by atoms with Crippen molar-refractivity contribution in [2.24, 2.45) is 5.92 Å². The Kier molecular flexibility index (Phi) is 8.84. The van der Waals surface area contributed by atoms with Gasteiger partial charge in [-0.1, -0.05) is 85.3 Å². The molecule has 3 aromatic rings. The topological polar surface area (TPSA) is 30.0 Å². The molecule has 0 radical (unpaired) electrons. The van der Waals surface area contributed by atoms with Crippen molar-refractivity contribution in [3.63, 3.8) is 0 Å². The second kappa shape index (κ2) is 12.4. The Bertz CT molecular complexity index is 1170. The van der Waals surface area contributed by atoms with Crippen LogP contribution < -0.4 is 0 Å². The molecule has 35 heavy (non-hydrogen) atoms. The van der Waals surface area contributed by atoms with E-state index in [4.69, 9.17) is 4.98 Å². The maximum Gasteiger partial charge on any atom is 0.133 e. The van der Waals surface area contributed by atoms with E-state index in [1.807, 2.05) is 12.3 Å². The number of carbonyl (C=O) groups excluding carboxylic acids is 1. The highest BCUT2D eigenvalue weighted by molar-refractivity contribution is 5.79. The first kappa shape index (κ1) is 24.9. The molecular formula is C33H37NO. The lowest BCUT2D eigenvalue weighted by Crippen LogP contribution is -2.19. The number of aryl methyl sites for hydroxylation is 2. The van der Waals surface area contributed by atoms with Crippen molar-refractivity contribution in [2.45, 2.75) is 64.7 Å². The second-order valence-electron chi connectivity index (χ2n) is 9.89. The zero-order chi connectivity index (χ0) is 24.5. The van der Waals surface area contributed by atoms with E-state index in [9.17, 15) is 4.79 Å². The number of carbonyl (C=O) groups is 1. The molecule has 1 fully saturated rings. The van der Waals surface area contributed by atoms with Crippen molar-refractivity contribution in [1.82, 2.24) is 4.98 Å². The Morgan fingerprint density at radius 1 is 0.971 bits per heavy atom. The first-order valence-corrected chi connectivity index (χ1v) is 13.0. The van der Waals surface area contributed by atoms with Gasteiger partial charge in [-0.2, -0.15) is 0 Å². The minimum absolute atomic E-state index is 0.395. The quantitative estimate of drug-likeness (QED) is 0.298. The lowest BCUT2D eigenvalue weighted by atomic mass is 9.76. The van der Waals surface area contributed by atoms with Crippen molar-refractivity contribution in [2.75, 3.05) is 0 Å². The van der Waals surface area contributed by atoms with E-state index in [2.05, 4.69) is 92.7 Å². The molecule has 0 amide bonds. The number of hydrogen-bond donors (Lipinski definition) is 0. The van der Waals surface area contributed by atoms with Crippen LogP contribution >= 0.6 is 0 Å². The van der Waals surface area contributed by atoms with Gasteiger partial charge in [0.05, 0.1) is 5.69 Å². The summed E-state index contributed by atoms with van der Waals surface area (Å²) < 4.78 is 0. The summed E-state index contributed by atoms with van der Waals surface area (Å²) in [5, 5.41) is 0. The zero-order valence-corrected chi connectivity index (χ0v) is 21.1.